The number of hydrogen-bond acceptors (Lipinski definition) is 4. The first-order valence-electron chi connectivity index (χ1n) is 4.95. The molecular weight excluding hydrogens is 242 g/mol. The monoisotopic (exact) mass is 251 g/mol. The molecule has 0 saturated carbocycles. The lowest BCUT2D eigenvalue weighted by Gasteiger charge is -2.01. The molecule has 0 aliphatic heterocycles. The lowest BCUT2D eigenvalue weighted by atomic mass is 10.1. The lowest BCUT2D eigenvalue weighted by molar-refractivity contribution is 0.102. The summed E-state index contributed by atoms with van der Waals surface area (Å²) < 4.78 is 4.79. The van der Waals surface area contributed by atoms with Crippen LogP contribution in [-0.2, 0) is 5.88 Å². The summed E-state index contributed by atoms with van der Waals surface area (Å²) >= 11 is 5.66. The molecule has 0 atom stereocenters. The van der Waals surface area contributed by atoms with Crippen molar-refractivity contribution in [1.82, 2.24) is 10.1 Å². The van der Waals surface area contributed by atoms with Gasteiger partial charge in [-0.2, -0.15) is 4.98 Å². The molecule has 5 nitrogen and oxygen atoms in total. The van der Waals surface area contributed by atoms with Crippen LogP contribution >= 0.6 is 11.6 Å². The van der Waals surface area contributed by atoms with Crippen LogP contribution in [0, 0.1) is 6.92 Å². The summed E-state index contributed by atoms with van der Waals surface area (Å²) in [6, 6.07) is 7.06. The number of anilines is 1. The molecule has 0 unspecified atom stereocenters. The highest BCUT2D eigenvalue weighted by molar-refractivity contribution is 6.17. The minimum absolute atomic E-state index is 0.0916. The van der Waals surface area contributed by atoms with E-state index in [0.717, 1.165) is 5.56 Å². The van der Waals surface area contributed by atoms with Gasteiger partial charge in [0.1, 0.15) is 0 Å². The molecular formula is C11H10ClN3O2. The summed E-state index contributed by atoms with van der Waals surface area (Å²) in [5.41, 5.74) is 1.46. The van der Waals surface area contributed by atoms with Crippen molar-refractivity contribution in [1.29, 1.82) is 0 Å². The number of aromatic nitrogens is 2. The number of amides is 1. The molecule has 0 saturated heterocycles. The minimum Gasteiger partial charge on any atom is -0.315 e. The van der Waals surface area contributed by atoms with E-state index >= 15 is 0 Å². The second-order valence-electron chi connectivity index (χ2n) is 3.43. The summed E-state index contributed by atoms with van der Waals surface area (Å²) in [4.78, 5) is 15.6. The number of carbonyl (C=O) groups is 1. The average molecular weight is 252 g/mol. The third-order valence-corrected chi connectivity index (χ3v) is 2.43. The predicted molar refractivity (Wildman–Crippen MR) is 63.0 cm³/mol. The van der Waals surface area contributed by atoms with E-state index in [1.54, 1.807) is 31.2 Å². The van der Waals surface area contributed by atoms with E-state index in [-0.39, 0.29) is 11.9 Å². The first-order valence-corrected chi connectivity index (χ1v) is 5.49. The van der Waals surface area contributed by atoms with E-state index < -0.39 is 0 Å². The zero-order valence-corrected chi connectivity index (χ0v) is 9.86. The Hall–Kier alpha value is -1.88. The van der Waals surface area contributed by atoms with Gasteiger partial charge in [0.2, 0.25) is 0 Å². The Kier molecular flexibility index (Phi) is 3.39. The number of alkyl halides is 1. The van der Waals surface area contributed by atoms with Crippen molar-refractivity contribution < 1.29 is 9.32 Å². The van der Waals surface area contributed by atoms with Crippen LogP contribution < -0.4 is 5.32 Å². The molecule has 1 aromatic heterocycles. The maximum Gasteiger partial charge on any atom is 0.328 e. The quantitative estimate of drug-likeness (QED) is 0.851. The molecule has 88 valence electrons. The van der Waals surface area contributed by atoms with Crippen LogP contribution in [0.5, 0.6) is 0 Å². The van der Waals surface area contributed by atoms with Crippen LogP contribution in [0.1, 0.15) is 21.7 Å². The van der Waals surface area contributed by atoms with Gasteiger partial charge >= 0.3 is 6.01 Å². The van der Waals surface area contributed by atoms with E-state index in [0.29, 0.717) is 17.3 Å². The topological polar surface area (TPSA) is 68.0 Å². The maximum absolute atomic E-state index is 11.8. The zero-order valence-electron chi connectivity index (χ0n) is 9.11. The van der Waals surface area contributed by atoms with E-state index in [1.165, 1.54) is 0 Å². The van der Waals surface area contributed by atoms with Crippen LogP contribution in [0.2, 0.25) is 0 Å². The van der Waals surface area contributed by atoms with Gasteiger partial charge in [0.25, 0.3) is 5.91 Å². The highest BCUT2D eigenvalue weighted by Crippen LogP contribution is 2.09. The van der Waals surface area contributed by atoms with Crippen molar-refractivity contribution in [2.24, 2.45) is 0 Å². The van der Waals surface area contributed by atoms with Gasteiger partial charge in [0, 0.05) is 11.4 Å². The molecule has 0 spiro atoms. The molecule has 2 rings (SSSR count). The van der Waals surface area contributed by atoms with Gasteiger partial charge in [-0.15, -0.1) is 11.6 Å². The van der Waals surface area contributed by atoms with Crippen molar-refractivity contribution in [3.63, 3.8) is 0 Å². The number of rotatable bonds is 3. The summed E-state index contributed by atoms with van der Waals surface area (Å²) in [5, 5.41) is 6.08. The fourth-order valence-corrected chi connectivity index (χ4v) is 1.44. The smallest absolute Gasteiger partial charge is 0.315 e. The second kappa shape index (κ2) is 4.97. The van der Waals surface area contributed by atoms with Gasteiger partial charge in [-0.1, -0.05) is 17.3 Å². The summed E-state index contributed by atoms with van der Waals surface area (Å²) in [6.07, 6.45) is 0. The fourth-order valence-electron chi connectivity index (χ4n) is 1.26. The van der Waals surface area contributed by atoms with E-state index in [1.807, 2.05) is 0 Å². The molecule has 0 fully saturated rings. The van der Waals surface area contributed by atoms with Gasteiger partial charge in [0.15, 0.2) is 5.82 Å². The molecule has 0 aliphatic rings. The largest absolute Gasteiger partial charge is 0.328 e. The normalized spacial score (nSPS) is 10.2. The van der Waals surface area contributed by atoms with Crippen molar-refractivity contribution in [2.75, 3.05) is 5.32 Å². The van der Waals surface area contributed by atoms with Crippen molar-refractivity contribution in [2.45, 2.75) is 12.8 Å². The molecule has 6 heteroatoms. The molecule has 1 aromatic carbocycles. The predicted octanol–water partition coefficient (Wildman–Crippen LogP) is 2.37. The van der Waals surface area contributed by atoms with Crippen molar-refractivity contribution >= 4 is 23.5 Å². The first kappa shape index (κ1) is 11.6. The van der Waals surface area contributed by atoms with Gasteiger partial charge in [-0.25, -0.2) is 0 Å². The number of aryl methyl sites for hydroxylation is 1. The van der Waals surface area contributed by atoms with Crippen LogP contribution in [0.4, 0.5) is 6.01 Å². The number of halogens is 1. The fraction of sp³-hybridized carbons (Fsp3) is 0.182. The minimum atomic E-state index is -0.297. The molecule has 2 aromatic rings. The van der Waals surface area contributed by atoms with Crippen molar-refractivity contribution in [3.8, 4) is 0 Å². The zero-order chi connectivity index (χ0) is 12.3. The van der Waals surface area contributed by atoms with Crippen LogP contribution in [0.15, 0.2) is 28.8 Å². The molecule has 0 radical (unpaired) electrons. The Labute approximate surface area is 103 Å². The molecule has 0 bridgehead atoms. The average Bonchev–Trinajstić information content (AvgIpc) is 2.75. The molecule has 0 aliphatic carbocycles. The summed E-state index contributed by atoms with van der Waals surface area (Å²) in [5.74, 6) is 0.595. The van der Waals surface area contributed by atoms with E-state index in [4.69, 9.17) is 16.1 Å². The Morgan fingerprint density at radius 3 is 2.65 bits per heavy atom. The van der Waals surface area contributed by atoms with Gasteiger partial charge in [-0.3, -0.25) is 10.1 Å². The maximum atomic E-state index is 11.8. The Balaban J connectivity index is 2.09. The third kappa shape index (κ3) is 2.82. The van der Waals surface area contributed by atoms with Gasteiger partial charge in [0.05, 0.1) is 0 Å². The highest BCUT2D eigenvalue weighted by Gasteiger charge is 2.09. The van der Waals surface area contributed by atoms with Gasteiger partial charge in [-0.05, 0) is 24.6 Å². The molecule has 17 heavy (non-hydrogen) atoms. The first-order chi connectivity index (χ1) is 8.19. The Morgan fingerprint density at radius 2 is 2.12 bits per heavy atom. The third-order valence-electron chi connectivity index (χ3n) is 2.12. The number of nitrogens with one attached hydrogen (secondary N) is 1. The van der Waals surface area contributed by atoms with E-state index in [9.17, 15) is 4.79 Å². The molecule has 1 heterocycles. The van der Waals surface area contributed by atoms with Gasteiger partial charge < -0.3 is 4.52 Å². The Bertz CT molecular complexity index is 522. The van der Waals surface area contributed by atoms with Crippen LogP contribution in [0.3, 0.4) is 0 Å². The SMILES string of the molecule is Cc1noc(NC(=O)c2ccc(CCl)cc2)n1. The Morgan fingerprint density at radius 1 is 1.41 bits per heavy atom. The van der Waals surface area contributed by atoms with Crippen LogP contribution in [-0.4, -0.2) is 16.0 Å². The van der Waals surface area contributed by atoms with Crippen LogP contribution in [0.25, 0.3) is 0 Å². The number of benzene rings is 1. The number of nitrogens with zero attached hydrogens (tertiary/aromatic N) is 2. The molecule has 1 amide bonds. The van der Waals surface area contributed by atoms with Crippen molar-refractivity contribution in [3.05, 3.63) is 41.2 Å². The number of carbonyl (C=O) groups excluding carboxylic acids is 1. The molecule has 1 N–H and O–H groups in total. The second-order valence-corrected chi connectivity index (χ2v) is 3.70. The summed E-state index contributed by atoms with van der Waals surface area (Å²) in [6.45, 7) is 1.68. The van der Waals surface area contributed by atoms with E-state index in [2.05, 4.69) is 15.5 Å². The summed E-state index contributed by atoms with van der Waals surface area (Å²) in [7, 11) is 0. The lowest BCUT2D eigenvalue weighted by Crippen LogP contribution is -2.12. The highest BCUT2D eigenvalue weighted by atomic mass is 35.5. The number of hydrogen-bond donors (Lipinski definition) is 1. The standard InChI is InChI=1S/C11H10ClN3O2/c1-7-13-11(17-15-7)14-10(16)9-4-2-8(6-12)3-5-9/h2-5H,6H2,1H3,(H,13,14,15,16).